The highest BCUT2D eigenvalue weighted by atomic mass is 35.5. The van der Waals surface area contributed by atoms with Crippen molar-refractivity contribution >= 4 is 11.6 Å². The molecule has 2 saturated heterocycles. The molecule has 0 saturated carbocycles. The Labute approximate surface area is 131 Å². The quantitative estimate of drug-likeness (QED) is 0.848. The molecule has 5 heteroatoms. The number of nitrogens with zero attached hydrogens (tertiary/aromatic N) is 3. The topological polar surface area (TPSA) is 9.72 Å². The van der Waals surface area contributed by atoms with Gasteiger partial charge in [0.05, 0.1) is 5.02 Å². The second-order valence-corrected chi connectivity index (χ2v) is 6.67. The molecule has 3 rings (SSSR count). The third kappa shape index (κ3) is 3.75. The first-order valence-electron chi connectivity index (χ1n) is 7.71. The zero-order valence-electron chi connectivity index (χ0n) is 12.6. The van der Waals surface area contributed by atoms with E-state index in [2.05, 4.69) is 21.7 Å². The van der Waals surface area contributed by atoms with Gasteiger partial charge in [0.1, 0.15) is 5.82 Å². The molecule has 0 aromatic heterocycles. The average Bonchev–Trinajstić information content (AvgIpc) is 2.92. The first-order chi connectivity index (χ1) is 10.1. The number of halogens is 2. The minimum atomic E-state index is -0.316. The lowest BCUT2D eigenvalue weighted by molar-refractivity contribution is 0.112. The number of hydrogen-bond donors (Lipinski definition) is 0. The lowest BCUT2D eigenvalue weighted by atomic mass is 10.2. The van der Waals surface area contributed by atoms with Crippen LogP contribution in [0.2, 0.25) is 5.02 Å². The van der Waals surface area contributed by atoms with Crippen molar-refractivity contribution in [3.8, 4) is 0 Å². The van der Waals surface area contributed by atoms with E-state index < -0.39 is 0 Å². The van der Waals surface area contributed by atoms with Gasteiger partial charge in [0.15, 0.2) is 0 Å². The summed E-state index contributed by atoms with van der Waals surface area (Å²) in [5.41, 5.74) is 1.01. The van der Waals surface area contributed by atoms with Gasteiger partial charge < -0.3 is 4.90 Å². The van der Waals surface area contributed by atoms with Gasteiger partial charge in [-0.05, 0) is 31.2 Å². The Balaban J connectivity index is 1.53. The molecule has 0 bridgehead atoms. The molecule has 2 fully saturated rings. The summed E-state index contributed by atoms with van der Waals surface area (Å²) < 4.78 is 13.5. The lowest BCUT2D eigenvalue weighted by Crippen LogP contribution is -2.49. The van der Waals surface area contributed by atoms with Crippen LogP contribution in [-0.2, 0) is 6.54 Å². The van der Waals surface area contributed by atoms with E-state index in [4.69, 9.17) is 11.6 Å². The smallest absolute Gasteiger partial charge is 0.142 e. The van der Waals surface area contributed by atoms with Gasteiger partial charge in [-0.3, -0.25) is 9.80 Å². The summed E-state index contributed by atoms with van der Waals surface area (Å²) in [6, 6.07) is 5.80. The number of rotatable bonds is 3. The molecule has 1 atom stereocenters. The molecule has 1 aromatic carbocycles. The van der Waals surface area contributed by atoms with Crippen molar-refractivity contribution in [2.24, 2.45) is 0 Å². The molecule has 2 aliphatic heterocycles. The van der Waals surface area contributed by atoms with Gasteiger partial charge in [-0.15, -0.1) is 0 Å². The van der Waals surface area contributed by atoms with Crippen LogP contribution in [0.3, 0.4) is 0 Å². The summed E-state index contributed by atoms with van der Waals surface area (Å²) in [6.45, 7) is 7.68. The molecule has 2 heterocycles. The van der Waals surface area contributed by atoms with Crippen molar-refractivity contribution in [3.63, 3.8) is 0 Å². The van der Waals surface area contributed by atoms with Crippen LogP contribution in [0.1, 0.15) is 12.0 Å². The Bertz CT molecular complexity index is 488. The fraction of sp³-hybridized carbons (Fsp3) is 0.625. The molecule has 3 nitrogen and oxygen atoms in total. The van der Waals surface area contributed by atoms with Crippen molar-refractivity contribution in [1.82, 2.24) is 14.7 Å². The highest BCUT2D eigenvalue weighted by Gasteiger charge is 2.29. The Morgan fingerprint density at radius 2 is 1.95 bits per heavy atom. The van der Waals surface area contributed by atoms with Gasteiger partial charge in [0, 0.05) is 51.9 Å². The predicted octanol–water partition coefficient (Wildman–Crippen LogP) is 2.30. The Hall–Kier alpha value is -0.680. The third-order valence-electron chi connectivity index (χ3n) is 4.69. The van der Waals surface area contributed by atoms with Crippen LogP contribution in [0.5, 0.6) is 0 Å². The van der Waals surface area contributed by atoms with Crippen LogP contribution in [0.15, 0.2) is 18.2 Å². The Kier molecular flexibility index (Phi) is 4.79. The molecule has 0 radical (unpaired) electrons. The monoisotopic (exact) mass is 311 g/mol. The minimum Gasteiger partial charge on any atom is -0.304 e. The van der Waals surface area contributed by atoms with E-state index in [0.717, 1.165) is 25.2 Å². The van der Waals surface area contributed by atoms with Gasteiger partial charge in [-0.2, -0.15) is 0 Å². The van der Waals surface area contributed by atoms with Gasteiger partial charge in [-0.25, -0.2) is 4.39 Å². The van der Waals surface area contributed by atoms with Crippen molar-refractivity contribution in [1.29, 1.82) is 0 Å². The van der Waals surface area contributed by atoms with Crippen molar-refractivity contribution in [2.75, 3.05) is 46.3 Å². The molecule has 0 amide bonds. The lowest BCUT2D eigenvalue weighted by Gasteiger charge is -2.36. The number of piperazine rings is 1. The SMILES string of the molecule is CN1CCN(C2CCN(Cc3ccc(Cl)c(F)c3)C2)CC1. The first kappa shape index (κ1) is 15.2. The molecular formula is C16H23ClFN3. The highest BCUT2D eigenvalue weighted by Crippen LogP contribution is 2.21. The predicted molar refractivity (Wildman–Crippen MR) is 84.2 cm³/mol. The molecule has 21 heavy (non-hydrogen) atoms. The first-order valence-corrected chi connectivity index (χ1v) is 8.08. The maximum atomic E-state index is 13.5. The zero-order valence-corrected chi connectivity index (χ0v) is 13.3. The van der Waals surface area contributed by atoms with E-state index in [9.17, 15) is 4.39 Å². The number of hydrogen-bond acceptors (Lipinski definition) is 3. The third-order valence-corrected chi connectivity index (χ3v) is 5.00. The maximum absolute atomic E-state index is 13.5. The summed E-state index contributed by atoms with van der Waals surface area (Å²) >= 11 is 5.73. The van der Waals surface area contributed by atoms with Gasteiger partial charge >= 0.3 is 0 Å². The minimum absolute atomic E-state index is 0.204. The second kappa shape index (κ2) is 6.61. The number of likely N-dealkylation sites (tertiary alicyclic amines) is 1. The summed E-state index contributed by atoms with van der Waals surface area (Å²) in [7, 11) is 2.19. The van der Waals surface area contributed by atoms with E-state index >= 15 is 0 Å². The van der Waals surface area contributed by atoms with Gasteiger partial charge in [0.2, 0.25) is 0 Å². The summed E-state index contributed by atoms with van der Waals surface area (Å²) in [5.74, 6) is -0.316. The van der Waals surface area contributed by atoms with Crippen LogP contribution in [0.25, 0.3) is 0 Å². The summed E-state index contributed by atoms with van der Waals surface area (Å²) in [5, 5.41) is 0.204. The van der Waals surface area contributed by atoms with Crippen LogP contribution < -0.4 is 0 Å². The van der Waals surface area contributed by atoms with E-state index in [1.165, 1.54) is 32.6 Å². The summed E-state index contributed by atoms with van der Waals surface area (Å²) in [4.78, 5) is 7.42. The molecule has 1 aromatic rings. The van der Waals surface area contributed by atoms with Crippen LogP contribution in [-0.4, -0.2) is 67.1 Å². The molecule has 2 aliphatic rings. The van der Waals surface area contributed by atoms with E-state index in [1.807, 2.05) is 6.07 Å². The van der Waals surface area contributed by atoms with E-state index in [0.29, 0.717) is 6.04 Å². The number of likely N-dealkylation sites (N-methyl/N-ethyl adjacent to an activating group) is 1. The molecular weight excluding hydrogens is 289 g/mol. The van der Waals surface area contributed by atoms with Crippen LogP contribution in [0, 0.1) is 5.82 Å². The fourth-order valence-electron chi connectivity index (χ4n) is 3.34. The van der Waals surface area contributed by atoms with Crippen LogP contribution in [0.4, 0.5) is 4.39 Å². The second-order valence-electron chi connectivity index (χ2n) is 6.27. The largest absolute Gasteiger partial charge is 0.304 e. The van der Waals surface area contributed by atoms with Crippen molar-refractivity contribution < 1.29 is 4.39 Å². The molecule has 0 spiro atoms. The molecule has 0 N–H and O–H groups in total. The summed E-state index contributed by atoms with van der Waals surface area (Å²) in [6.07, 6.45) is 1.22. The number of benzene rings is 1. The van der Waals surface area contributed by atoms with E-state index in [1.54, 1.807) is 12.1 Å². The molecule has 116 valence electrons. The highest BCUT2D eigenvalue weighted by molar-refractivity contribution is 6.30. The zero-order chi connectivity index (χ0) is 14.8. The van der Waals surface area contributed by atoms with Gasteiger partial charge in [0.25, 0.3) is 0 Å². The van der Waals surface area contributed by atoms with Crippen molar-refractivity contribution in [3.05, 3.63) is 34.6 Å². The Morgan fingerprint density at radius 3 is 2.67 bits per heavy atom. The molecule has 1 unspecified atom stereocenters. The average molecular weight is 312 g/mol. The Morgan fingerprint density at radius 1 is 1.19 bits per heavy atom. The van der Waals surface area contributed by atoms with Crippen molar-refractivity contribution in [2.45, 2.75) is 19.0 Å². The molecule has 0 aliphatic carbocycles. The fourth-order valence-corrected chi connectivity index (χ4v) is 3.45. The van der Waals surface area contributed by atoms with E-state index in [-0.39, 0.29) is 10.8 Å². The normalized spacial score (nSPS) is 25.6. The maximum Gasteiger partial charge on any atom is 0.142 e. The van der Waals surface area contributed by atoms with Crippen LogP contribution >= 0.6 is 11.6 Å². The van der Waals surface area contributed by atoms with Gasteiger partial charge in [-0.1, -0.05) is 17.7 Å². The standard InChI is InChI=1S/C16H23ClFN3/c1-19-6-8-21(9-7-19)14-4-5-20(12-14)11-13-2-3-15(17)16(18)10-13/h2-3,10,14H,4-9,11-12H2,1H3.